The lowest BCUT2D eigenvalue weighted by molar-refractivity contribution is -0.142. The molecule has 10 N–H and O–H groups in total. The maximum absolute atomic E-state index is 13.3. The molecule has 38 heavy (non-hydrogen) atoms. The second kappa shape index (κ2) is 12.8. The minimum Gasteiger partial charge on any atom is -0.480 e. The lowest BCUT2D eigenvalue weighted by Gasteiger charge is -2.26. The van der Waals surface area contributed by atoms with Crippen molar-refractivity contribution in [3.63, 3.8) is 0 Å². The molecule has 0 spiro atoms. The predicted octanol–water partition coefficient (Wildman–Crippen LogP) is -2.08. The first-order valence-corrected chi connectivity index (χ1v) is 11.8. The van der Waals surface area contributed by atoms with Crippen LogP contribution in [0.15, 0.2) is 43.0 Å². The van der Waals surface area contributed by atoms with Crippen LogP contribution in [-0.4, -0.2) is 90.8 Å². The summed E-state index contributed by atoms with van der Waals surface area (Å²) in [6.07, 6.45) is 2.98. The standard InChI is InChI=1S/C24H31N7O7/c1-12(33)20(31-21(34)16(25)10-32)23(36)29-18(6-13-8-27-17-5-3-2-4-15(13)17)22(35)30-19(24(37)38)7-14-9-26-11-28-14/h2-5,8-9,11-12,16,18-20,27,32-33H,6-7,10,25H2,1H3,(H,26,28)(H,29,36)(H,30,35)(H,31,34)(H,37,38). The van der Waals surface area contributed by atoms with Crippen molar-refractivity contribution >= 4 is 34.6 Å². The van der Waals surface area contributed by atoms with Gasteiger partial charge >= 0.3 is 5.97 Å². The predicted molar refractivity (Wildman–Crippen MR) is 134 cm³/mol. The summed E-state index contributed by atoms with van der Waals surface area (Å²) in [6.45, 7) is 0.576. The van der Waals surface area contributed by atoms with E-state index in [1.807, 2.05) is 24.3 Å². The van der Waals surface area contributed by atoms with Gasteiger partial charge in [-0.05, 0) is 18.6 Å². The van der Waals surface area contributed by atoms with Gasteiger partial charge in [-0.1, -0.05) is 18.2 Å². The van der Waals surface area contributed by atoms with E-state index in [9.17, 15) is 29.4 Å². The third kappa shape index (κ3) is 7.15. The Kier molecular flexibility index (Phi) is 9.54. The number of aliphatic hydroxyl groups excluding tert-OH is 2. The highest BCUT2D eigenvalue weighted by Gasteiger charge is 2.33. The zero-order chi connectivity index (χ0) is 27.8. The van der Waals surface area contributed by atoms with Gasteiger partial charge in [0.1, 0.15) is 24.2 Å². The number of carboxylic acids is 1. The molecule has 5 unspecified atom stereocenters. The van der Waals surface area contributed by atoms with Crippen LogP contribution in [0.25, 0.3) is 10.9 Å². The van der Waals surface area contributed by atoms with Crippen molar-refractivity contribution in [2.24, 2.45) is 5.73 Å². The number of carboxylic acid groups (broad SMARTS) is 1. The molecule has 204 valence electrons. The lowest BCUT2D eigenvalue weighted by Crippen LogP contribution is -2.60. The molecule has 2 heterocycles. The number of rotatable bonds is 13. The van der Waals surface area contributed by atoms with Gasteiger partial charge in [0.15, 0.2) is 0 Å². The van der Waals surface area contributed by atoms with E-state index in [1.54, 1.807) is 6.20 Å². The molecule has 2 aromatic heterocycles. The van der Waals surface area contributed by atoms with Crippen LogP contribution in [0.1, 0.15) is 18.2 Å². The summed E-state index contributed by atoms with van der Waals surface area (Å²) in [7, 11) is 0. The molecule has 0 aliphatic rings. The van der Waals surface area contributed by atoms with Crippen molar-refractivity contribution in [2.45, 2.75) is 50.0 Å². The number of nitrogens with one attached hydrogen (secondary N) is 5. The van der Waals surface area contributed by atoms with Crippen molar-refractivity contribution in [1.82, 2.24) is 30.9 Å². The topological polar surface area (TPSA) is 236 Å². The van der Waals surface area contributed by atoms with Crippen LogP contribution in [0.3, 0.4) is 0 Å². The number of aromatic nitrogens is 3. The summed E-state index contributed by atoms with van der Waals surface area (Å²) in [5, 5.41) is 36.9. The van der Waals surface area contributed by atoms with Crippen molar-refractivity contribution in [1.29, 1.82) is 0 Å². The second-order valence-electron chi connectivity index (χ2n) is 8.82. The highest BCUT2D eigenvalue weighted by atomic mass is 16.4. The van der Waals surface area contributed by atoms with E-state index in [0.29, 0.717) is 11.3 Å². The highest BCUT2D eigenvalue weighted by molar-refractivity contribution is 5.95. The summed E-state index contributed by atoms with van der Waals surface area (Å²) in [6, 6.07) is 1.85. The zero-order valence-electron chi connectivity index (χ0n) is 20.5. The number of nitrogens with zero attached hydrogens (tertiary/aromatic N) is 1. The van der Waals surface area contributed by atoms with E-state index in [1.165, 1.54) is 19.4 Å². The smallest absolute Gasteiger partial charge is 0.326 e. The number of H-pyrrole nitrogens is 2. The van der Waals surface area contributed by atoms with Gasteiger partial charge in [0.2, 0.25) is 17.7 Å². The molecule has 0 fully saturated rings. The van der Waals surface area contributed by atoms with E-state index in [-0.39, 0.29) is 12.8 Å². The number of aromatic amines is 2. The van der Waals surface area contributed by atoms with E-state index in [4.69, 9.17) is 10.8 Å². The largest absolute Gasteiger partial charge is 0.480 e. The average Bonchev–Trinajstić information content (AvgIpc) is 3.55. The maximum atomic E-state index is 13.3. The Balaban J connectivity index is 1.85. The third-order valence-corrected chi connectivity index (χ3v) is 5.92. The molecule has 3 aromatic rings. The van der Waals surface area contributed by atoms with Crippen LogP contribution in [0.2, 0.25) is 0 Å². The number of hydrogen-bond donors (Lipinski definition) is 9. The number of para-hydroxylation sites is 1. The summed E-state index contributed by atoms with van der Waals surface area (Å²) < 4.78 is 0. The molecular formula is C24H31N7O7. The van der Waals surface area contributed by atoms with Crippen LogP contribution in [0.4, 0.5) is 0 Å². The summed E-state index contributed by atoms with van der Waals surface area (Å²) in [5.74, 6) is -3.87. The fourth-order valence-corrected chi connectivity index (χ4v) is 3.83. The number of carbonyl (C=O) groups excluding carboxylic acids is 3. The molecule has 0 radical (unpaired) electrons. The third-order valence-electron chi connectivity index (χ3n) is 5.92. The van der Waals surface area contributed by atoms with Gasteiger partial charge < -0.3 is 47.0 Å². The first kappa shape index (κ1) is 28.3. The number of fused-ring (bicyclic) bond motifs is 1. The maximum Gasteiger partial charge on any atom is 0.326 e. The number of nitrogens with two attached hydrogens (primary N) is 1. The monoisotopic (exact) mass is 529 g/mol. The van der Waals surface area contributed by atoms with Crippen LogP contribution in [0, 0.1) is 0 Å². The van der Waals surface area contributed by atoms with Crippen molar-refractivity contribution in [3.8, 4) is 0 Å². The first-order valence-electron chi connectivity index (χ1n) is 11.8. The molecule has 14 nitrogen and oxygen atoms in total. The number of benzene rings is 1. The van der Waals surface area contributed by atoms with E-state index in [0.717, 1.165) is 10.9 Å². The Hall–Kier alpha value is -4.27. The Morgan fingerprint density at radius 2 is 1.71 bits per heavy atom. The quantitative estimate of drug-likeness (QED) is 0.118. The molecule has 3 amide bonds. The second-order valence-corrected chi connectivity index (χ2v) is 8.82. The number of imidazole rings is 1. The SMILES string of the molecule is CC(O)C(NC(=O)C(N)CO)C(=O)NC(Cc1c[nH]c2ccccc12)C(=O)NC(Cc1cnc[nH]1)C(=O)O. The molecule has 14 heteroatoms. The molecule has 5 atom stereocenters. The van der Waals surface area contributed by atoms with E-state index < -0.39 is 60.6 Å². The van der Waals surface area contributed by atoms with Crippen molar-refractivity contribution in [3.05, 3.63) is 54.2 Å². The lowest BCUT2D eigenvalue weighted by atomic mass is 10.0. The fraction of sp³-hybridized carbons (Fsp3) is 0.375. The minimum absolute atomic E-state index is 0.0331. The molecule has 0 saturated heterocycles. The zero-order valence-corrected chi connectivity index (χ0v) is 20.5. The van der Waals surface area contributed by atoms with E-state index >= 15 is 0 Å². The van der Waals surface area contributed by atoms with Crippen molar-refractivity contribution < 1.29 is 34.5 Å². The van der Waals surface area contributed by atoms with Crippen molar-refractivity contribution in [2.75, 3.05) is 6.61 Å². The van der Waals surface area contributed by atoms with E-state index in [2.05, 4.69) is 30.9 Å². The van der Waals surface area contributed by atoms with Gasteiger partial charge in [-0.25, -0.2) is 9.78 Å². The van der Waals surface area contributed by atoms with Gasteiger partial charge in [-0.15, -0.1) is 0 Å². The molecule has 0 saturated carbocycles. The molecule has 3 rings (SSSR count). The van der Waals surface area contributed by atoms with Gasteiger partial charge in [0.05, 0.1) is 19.0 Å². The van der Waals surface area contributed by atoms with Gasteiger partial charge in [-0.2, -0.15) is 0 Å². The van der Waals surface area contributed by atoms with Crippen LogP contribution < -0.4 is 21.7 Å². The number of carbonyl (C=O) groups is 4. The molecule has 0 bridgehead atoms. The number of amides is 3. The van der Waals surface area contributed by atoms with Crippen LogP contribution >= 0.6 is 0 Å². The summed E-state index contributed by atoms with van der Waals surface area (Å²) in [5.41, 5.74) is 7.43. The van der Waals surface area contributed by atoms with Gasteiger partial charge in [0.25, 0.3) is 0 Å². The van der Waals surface area contributed by atoms with Crippen LogP contribution in [0.5, 0.6) is 0 Å². The minimum atomic E-state index is -1.50. The molecule has 0 aliphatic carbocycles. The fourth-order valence-electron chi connectivity index (χ4n) is 3.83. The number of aliphatic hydroxyl groups is 2. The number of hydrogen-bond acceptors (Lipinski definition) is 8. The Labute approximate surface area is 217 Å². The van der Waals surface area contributed by atoms with Gasteiger partial charge in [-0.3, -0.25) is 14.4 Å². The van der Waals surface area contributed by atoms with Crippen LogP contribution in [-0.2, 0) is 32.0 Å². The first-order chi connectivity index (χ1) is 18.1. The number of aliphatic carboxylic acids is 1. The van der Waals surface area contributed by atoms with Gasteiger partial charge in [0, 0.05) is 41.8 Å². The Morgan fingerprint density at radius 1 is 1.00 bits per heavy atom. The molecular weight excluding hydrogens is 498 g/mol. The normalized spacial score (nSPS) is 15.2. The highest BCUT2D eigenvalue weighted by Crippen LogP contribution is 2.19. The summed E-state index contributed by atoms with van der Waals surface area (Å²) in [4.78, 5) is 60.1. The Bertz CT molecular complexity index is 1260. The average molecular weight is 530 g/mol. The Morgan fingerprint density at radius 3 is 2.34 bits per heavy atom. The molecule has 0 aliphatic heterocycles. The summed E-state index contributed by atoms with van der Waals surface area (Å²) >= 11 is 0. The molecule has 1 aromatic carbocycles.